The second-order valence-corrected chi connectivity index (χ2v) is 9.09. The largest absolute Gasteiger partial charge is 0.481 e. The summed E-state index contributed by atoms with van der Waals surface area (Å²) in [6, 6.07) is 1.78. The van der Waals surface area contributed by atoms with Crippen molar-refractivity contribution in [2.45, 2.75) is 45.8 Å². The molecule has 0 aliphatic carbocycles. The molecule has 1 aliphatic heterocycles. The highest BCUT2D eigenvalue weighted by Crippen LogP contribution is 2.31. The molecule has 0 unspecified atom stereocenters. The minimum atomic E-state index is -0.260. The van der Waals surface area contributed by atoms with Crippen LogP contribution in [-0.2, 0) is 17.7 Å². The van der Waals surface area contributed by atoms with E-state index in [0.717, 1.165) is 35.8 Å². The van der Waals surface area contributed by atoms with E-state index < -0.39 is 0 Å². The summed E-state index contributed by atoms with van der Waals surface area (Å²) >= 11 is 1.47. The van der Waals surface area contributed by atoms with Crippen LogP contribution >= 0.6 is 11.3 Å². The number of fused-ring (bicyclic) bond motifs is 1. The first-order valence-electron chi connectivity index (χ1n) is 10.2. The Morgan fingerprint density at radius 1 is 1.23 bits per heavy atom. The molecule has 11 heteroatoms. The van der Waals surface area contributed by atoms with E-state index in [1.54, 1.807) is 13.2 Å². The van der Waals surface area contributed by atoms with Crippen molar-refractivity contribution in [1.29, 1.82) is 0 Å². The summed E-state index contributed by atoms with van der Waals surface area (Å²) in [5.41, 5.74) is 0.834. The molecule has 0 saturated heterocycles. The Bertz CT molecular complexity index is 876. The van der Waals surface area contributed by atoms with Crippen LogP contribution in [0.15, 0.2) is 6.07 Å². The number of amides is 2. The minimum absolute atomic E-state index is 0.169. The molecule has 0 fully saturated rings. The number of rotatable bonds is 8. The molecule has 170 valence electrons. The summed E-state index contributed by atoms with van der Waals surface area (Å²) in [5, 5.41) is 6.26. The molecule has 31 heavy (non-hydrogen) atoms. The van der Waals surface area contributed by atoms with E-state index in [9.17, 15) is 4.79 Å². The zero-order chi connectivity index (χ0) is 22.4. The number of ether oxygens (including phenoxy) is 3. The lowest BCUT2D eigenvalue weighted by atomic mass is 10.2. The molecule has 1 aliphatic rings. The van der Waals surface area contributed by atoms with Crippen molar-refractivity contribution in [3.05, 3.63) is 16.6 Å². The van der Waals surface area contributed by atoms with E-state index in [-0.39, 0.29) is 17.6 Å². The molecule has 0 spiro atoms. The third kappa shape index (κ3) is 6.66. The van der Waals surface area contributed by atoms with Gasteiger partial charge in [-0.2, -0.15) is 9.97 Å². The fourth-order valence-corrected chi connectivity index (χ4v) is 4.01. The van der Waals surface area contributed by atoms with Crippen molar-refractivity contribution in [1.82, 2.24) is 20.3 Å². The van der Waals surface area contributed by atoms with Crippen LogP contribution in [0.5, 0.6) is 11.9 Å². The van der Waals surface area contributed by atoms with Gasteiger partial charge in [0.15, 0.2) is 5.13 Å². The zero-order valence-electron chi connectivity index (χ0n) is 18.7. The number of nitrogens with one attached hydrogen (secondary N) is 2. The molecule has 0 saturated carbocycles. The molecule has 2 N–H and O–H groups in total. The first-order chi connectivity index (χ1) is 14.8. The van der Waals surface area contributed by atoms with Crippen molar-refractivity contribution in [2.24, 2.45) is 0 Å². The number of urea groups is 1. The lowest BCUT2D eigenvalue weighted by molar-refractivity contribution is -0.00351. The molecule has 0 atom stereocenters. The van der Waals surface area contributed by atoms with Gasteiger partial charge in [0.25, 0.3) is 0 Å². The number of carbonyl (C=O) groups is 1. The van der Waals surface area contributed by atoms with E-state index in [4.69, 9.17) is 14.2 Å². The summed E-state index contributed by atoms with van der Waals surface area (Å²) in [7, 11) is 3.08. The highest BCUT2D eigenvalue weighted by Gasteiger charge is 2.23. The van der Waals surface area contributed by atoms with Gasteiger partial charge in [-0.3, -0.25) is 5.32 Å². The Kier molecular flexibility index (Phi) is 7.50. The first-order valence-corrected chi connectivity index (χ1v) is 11.0. The molecular weight excluding hydrogens is 420 g/mol. The fourth-order valence-electron chi connectivity index (χ4n) is 2.99. The van der Waals surface area contributed by atoms with Gasteiger partial charge < -0.3 is 24.4 Å². The Morgan fingerprint density at radius 2 is 2.03 bits per heavy atom. The monoisotopic (exact) mass is 450 g/mol. The van der Waals surface area contributed by atoms with Crippen molar-refractivity contribution < 1.29 is 19.0 Å². The highest BCUT2D eigenvalue weighted by molar-refractivity contribution is 7.15. The van der Waals surface area contributed by atoms with Crippen LogP contribution in [-0.4, -0.2) is 60.5 Å². The van der Waals surface area contributed by atoms with Crippen LogP contribution in [0.4, 0.5) is 15.7 Å². The van der Waals surface area contributed by atoms with Gasteiger partial charge in [-0.1, -0.05) is 11.3 Å². The predicted octanol–water partition coefficient (Wildman–Crippen LogP) is 2.84. The van der Waals surface area contributed by atoms with Crippen LogP contribution < -0.4 is 25.0 Å². The SMILES string of the molecule is COc1cc(N2CCc3nc(NC(=O)NCCCOC(C)(C)C)sc3C2)nc(OC)n1. The second kappa shape index (κ2) is 10.1. The molecule has 0 aromatic carbocycles. The van der Waals surface area contributed by atoms with Crippen molar-refractivity contribution in [3.63, 3.8) is 0 Å². The number of anilines is 2. The predicted molar refractivity (Wildman–Crippen MR) is 119 cm³/mol. The highest BCUT2D eigenvalue weighted by atomic mass is 32.1. The smallest absolute Gasteiger partial charge is 0.321 e. The average Bonchev–Trinajstić information content (AvgIpc) is 3.13. The van der Waals surface area contributed by atoms with Crippen molar-refractivity contribution >= 4 is 28.3 Å². The number of thiazole rings is 1. The number of hydrogen-bond donors (Lipinski definition) is 2. The van der Waals surface area contributed by atoms with Gasteiger partial charge in [0, 0.05) is 37.1 Å². The normalized spacial score (nSPS) is 13.5. The van der Waals surface area contributed by atoms with Crippen LogP contribution in [0, 0.1) is 0 Å². The summed E-state index contributed by atoms with van der Waals surface area (Å²) in [6.07, 6.45) is 1.51. The van der Waals surface area contributed by atoms with E-state index in [1.165, 1.54) is 18.4 Å². The quantitative estimate of drug-likeness (QED) is 0.591. The van der Waals surface area contributed by atoms with E-state index >= 15 is 0 Å². The number of aromatic nitrogens is 3. The van der Waals surface area contributed by atoms with Gasteiger partial charge in [0.1, 0.15) is 5.82 Å². The third-order valence-corrected chi connectivity index (χ3v) is 5.48. The van der Waals surface area contributed by atoms with E-state index in [1.807, 2.05) is 20.8 Å². The van der Waals surface area contributed by atoms with Crippen LogP contribution in [0.2, 0.25) is 0 Å². The second-order valence-electron chi connectivity index (χ2n) is 8.01. The van der Waals surface area contributed by atoms with E-state index in [0.29, 0.717) is 30.7 Å². The van der Waals surface area contributed by atoms with Crippen LogP contribution in [0.1, 0.15) is 37.8 Å². The lowest BCUT2D eigenvalue weighted by Crippen LogP contribution is -2.31. The Morgan fingerprint density at radius 3 is 2.74 bits per heavy atom. The van der Waals surface area contributed by atoms with Gasteiger partial charge in [-0.05, 0) is 27.2 Å². The molecular formula is C20H30N6O4S. The lowest BCUT2D eigenvalue weighted by Gasteiger charge is -2.27. The van der Waals surface area contributed by atoms with Gasteiger partial charge >= 0.3 is 12.0 Å². The number of methoxy groups -OCH3 is 2. The standard InChI is InChI=1S/C20H30N6O4S/c1-20(2,3)30-10-6-8-21-17(27)25-19-22-13-7-9-26(12-14(13)31-19)15-11-16(28-4)24-18(23-15)29-5/h11H,6-10,12H2,1-5H3,(H2,21,22,25,27). The summed E-state index contributed by atoms with van der Waals surface area (Å²) in [4.78, 5) is 28.5. The molecule has 2 aromatic rings. The Balaban J connectivity index is 1.54. The van der Waals surface area contributed by atoms with Gasteiger partial charge in [-0.25, -0.2) is 9.78 Å². The maximum atomic E-state index is 12.2. The molecule has 0 bridgehead atoms. The summed E-state index contributed by atoms with van der Waals surface area (Å²) in [5.74, 6) is 1.18. The first kappa shape index (κ1) is 23.0. The molecule has 0 radical (unpaired) electrons. The molecule has 10 nitrogen and oxygen atoms in total. The molecule has 2 aromatic heterocycles. The number of hydrogen-bond acceptors (Lipinski definition) is 9. The number of nitrogens with zero attached hydrogens (tertiary/aromatic N) is 4. The fraction of sp³-hybridized carbons (Fsp3) is 0.600. The average molecular weight is 451 g/mol. The topological polar surface area (TPSA) is 111 Å². The molecule has 3 rings (SSSR count). The molecule has 3 heterocycles. The van der Waals surface area contributed by atoms with Crippen LogP contribution in [0.25, 0.3) is 0 Å². The molecule has 2 amide bonds. The summed E-state index contributed by atoms with van der Waals surface area (Å²) < 4.78 is 16.1. The Labute approximate surface area is 186 Å². The van der Waals surface area contributed by atoms with Crippen LogP contribution in [0.3, 0.4) is 0 Å². The van der Waals surface area contributed by atoms with Gasteiger partial charge in [0.05, 0.1) is 32.1 Å². The van der Waals surface area contributed by atoms with Gasteiger partial charge in [-0.15, -0.1) is 0 Å². The minimum Gasteiger partial charge on any atom is -0.481 e. The van der Waals surface area contributed by atoms with Crippen molar-refractivity contribution in [2.75, 3.05) is 44.1 Å². The third-order valence-electron chi connectivity index (χ3n) is 4.48. The zero-order valence-corrected chi connectivity index (χ0v) is 19.5. The van der Waals surface area contributed by atoms with Gasteiger partial charge in [0.2, 0.25) is 5.88 Å². The van der Waals surface area contributed by atoms with E-state index in [2.05, 4.69) is 30.5 Å². The van der Waals surface area contributed by atoms with Crippen molar-refractivity contribution in [3.8, 4) is 11.9 Å². The maximum absolute atomic E-state index is 12.2. The maximum Gasteiger partial charge on any atom is 0.321 e. The Hall–Kier alpha value is -2.66. The number of carbonyl (C=O) groups excluding carboxylic acids is 1. The summed E-state index contributed by atoms with van der Waals surface area (Å²) in [6.45, 7) is 8.56.